The van der Waals surface area contributed by atoms with E-state index in [1.54, 1.807) is 6.20 Å². The molecule has 1 aliphatic rings. The largest absolute Gasteiger partial charge is 0.211 e. The van der Waals surface area contributed by atoms with Gasteiger partial charge >= 0.3 is 0 Å². The predicted octanol–water partition coefficient (Wildman–Crippen LogP) is 1.65. The summed E-state index contributed by atoms with van der Waals surface area (Å²) in [5, 5.41) is 8.73. The van der Waals surface area contributed by atoms with E-state index in [0.29, 0.717) is 0 Å². The van der Waals surface area contributed by atoms with Gasteiger partial charge in [0.1, 0.15) is 0 Å². The molecule has 0 aromatic rings. The lowest BCUT2D eigenvalue weighted by atomic mass is 11.1. The van der Waals surface area contributed by atoms with Gasteiger partial charge in [0.05, 0.1) is 6.20 Å². The zero-order chi connectivity index (χ0) is 4.24. The Morgan fingerprint density at radius 2 is 2.67 bits per heavy atom. The first-order valence-electron chi connectivity index (χ1n) is 1.45. The van der Waals surface area contributed by atoms with Crippen molar-refractivity contribution in [1.82, 2.24) is 0 Å². The van der Waals surface area contributed by atoms with E-state index >= 15 is 0 Å². The van der Waals surface area contributed by atoms with Crippen molar-refractivity contribution in [3.63, 3.8) is 0 Å². The van der Waals surface area contributed by atoms with Crippen molar-refractivity contribution in [2.75, 3.05) is 0 Å². The number of hydrogen-bond acceptors (Lipinski definition) is 3. The summed E-state index contributed by atoms with van der Waals surface area (Å²) < 4.78 is 0. The molecule has 30 valence electrons. The Kier molecular flexibility index (Phi) is 1.27. The Hall–Kier alpha value is -0.310. The summed E-state index contributed by atoms with van der Waals surface area (Å²) in [6, 6.07) is 0. The number of hydrogen-bond donors (Lipinski definition) is 0. The van der Waals surface area contributed by atoms with Crippen molar-refractivity contribution in [2.45, 2.75) is 0 Å². The maximum absolute atomic E-state index is 3.49. The van der Waals surface area contributed by atoms with Gasteiger partial charge in [0.2, 0.25) is 5.88 Å². The molecule has 1 rings (SSSR count). The molecule has 0 atom stereocenters. The fourth-order valence-corrected chi connectivity index (χ4v) is 0.439. The lowest BCUT2D eigenvalue weighted by Gasteiger charge is -1.84. The monoisotopic (exact) mass is 98.0 g/mol. The summed E-state index contributed by atoms with van der Waals surface area (Å²) in [5.74, 6) is 2.57. The van der Waals surface area contributed by atoms with Gasteiger partial charge in [0.15, 0.2) is 0 Å². The average Bonchev–Trinajstić information content (AvgIpc) is 1.72. The van der Waals surface area contributed by atoms with Crippen molar-refractivity contribution >= 4 is 11.8 Å². The summed E-state index contributed by atoms with van der Waals surface area (Å²) in [5.41, 5.74) is 0. The topological polar surface area (TPSA) is 24.7 Å². The maximum Gasteiger partial charge on any atom is 0.211 e. The van der Waals surface area contributed by atoms with E-state index in [9.17, 15) is 0 Å². The fourth-order valence-electron chi connectivity index (χ4n) is 0.169. The van der Waals surface area contributed by atoms with Crippen LogP contribution in [0.1, 0.15) is 0 Å². The Morgan fingerprint density at radius 1 is 1.67 bits per heavy atom. The van der Waals surface area contributed by atoms with Gasteiger partial charge in [-0.3, -0.25) is 0 Å². The van der Waals surface area contributed by atoms with E-state index < -0.39 is 0 Å². The summed E-state index contributed by atoms with van der Waals surface area (Å²) in [4.78, 5) is 0. The highest BCUT2D eigenvalue weighted by Crippen LogP contribution is 2.11. The van der Waals surface area contributed by atoms with Crippen LogP contribution in [0.2, 0.25) is 0 Å². The lowest BCUT2D eigenvalue weighted by Crippen LogP contribution is -1.58. The zero-order valence-electron chi connectivity index (χ0n) is 2.96. The van der Waals surface area contributed by atoms with Gasteiger partial charge < -0.3 is 0 Å². The van der Waals surface area contributed by atoms with Crippen LogP contribution in [0.5, 0.6) is 0 Å². The molecule has 2 radical (unpaired) electrons. The molecular weight excluding hydrogens is 96.1 g/mol. The Balaban J connectivity index is 2.46. The highest BCUT2D eigenvalue weighted by Gasteiger charge is 1.82. The van der Waals surface area contributed by atoms with Crippen LogP contribution in [-0.2, 0) is 0 Å². The third-order valence-electron chi connectivity index (χ3n) is 0.347. The number of azo groups is 1. The van der Waals surface area contributed by atoms with E-state index in [-0.39, 0.29) is 0 Å². The Bertz CT molecular complexity index is 74.8. The summed E-state index contributed by atoms with van der Waals surface area (Å²) in [6.07, 6.45) is 1.63. The summed E-state index contributed by atoms with van der Waals surface area (Å²) >= 11 is 1.40. The van der Waals surface area contributed by atoms with Crippen molar-refractivity contribution in [3.05, 3.63) is 17.5 Å². The highest BCUT2D eigenvalue weighted by atomic mass is 32.2. The predicted molar refractivity (Wildman–Crippen MR) is 24.8 cm³/mol. The first kappa shape index (κ1) is 3.87. The molecule has 0 aromatic heterocycles. The SMILES string of the molecule is [C]1N=NC=CS1. The second-order valence-corrected chi connectivity index (χ2v) is 1.40. The van der Waals surface area contributed by atoms with Crippen molar-refractivity contribution in [1.29, 1.82) is 0 Å². The number of thioether (sulfide) groups is 1. The Labute approximate surface area is 40.3 Å². The van der Waals surface area contributed by atoms with Gasteiger partial charge in [-0.15, -0.1) is 0 Å². The molecule has 0 N–H and O–H groups in total. The second-order valence-electron chi connectivity index (χ2n) is 0.710. The van der Waals surface area contributed by atoms with E-state index in [1.165, 1.54) is 11.8 Å². The van der Waals surface area contributed by atoms with Crippen LogP contribution < -0.4 is 0 Å². The van der Waals surface area contributed by atoms with Crippen LogP contribution in [-0.4, -0.2) is 0 Å². The number of rotatable bonds is 0. The van der Waals surface area contributed by atoms with E-state index in [1.807, 2.05) is 5.41 Å². The van der Waals surface area contributed by atoms with Gasteiger partial charge in [-0.2, -0.15) is 10.2 Å². The third-order valence-corrected chi connectivity index (χ3v) is 0.792. The molecule has 2 nitrogen and oxygen atoms in total. The molecule has 0 aliphatic carbocycles. The van der Waals surface area contributed by atoms with Crippen LogP contribution in [0, 0.1) is 5.88 Å². The molecule has 1 aliphatic heterocycles. The fraction of sp³-hybridized carbons (Fsp3) is 0. The molecule has 6 heavy (non-hydrogen) atoms. The average molecular weight is 98.1 g/mol. The first-order valence-corrected chi connectivity index (χ1v) is 2.33. The molecule has 0 fully saturated rings. The van der Waals surface area contributed by atoms with Gasteiger partial charge in [0.25, 0.3) is 0 Å². The third kappa shape index (κ3) is 0.825. The summed E-state index contributed by atoms with van der Waals surface area (Å²) in [6.45, 7) is 0. The molecule has 0 bridgehead atoms. The zero-order valence-corrected chi connectivity index (χ0v) is 3.77. The van der Waals surface area contributed by atoms with Crippen LogP contribution in [0.4, 0.5) is 0 Å². The molecule has 0 saturated heterocycles. The van der Waals surface area contributed by atoms with E-state index in [2.05, 4.69) is 16.1 Å². The van der Waals surface area contributed by atoms with Gasteiger partial charge in [0, 0.05) is 0 Å². The van der Waals surface area contributed by atoms with Crippen molar-refractivity contribution in [2.24, 2.45) is 10.2 Å². The van der Waals surface area contributed by atoms with Crippen LogP contribution in [0.15, 0.2) is 21.8 Å². The molecular formula is C3H2N2S. The minimum atomic E-state index is 1.40. The van der Waals surface area contributed by atoms with Crippen LogP contribution >= 0.6 is 11.8 Å². The molecule has 1 heterocycles. The normalized spacial score (nSPS) is 18.7. The van der Waals surface area contributed by atoms with Gasteiger partial charge in [-0.25, -0.2) is 0 Å². The Morgan fingerprint density at radius 3 is 2.83 bits per heavy atom. The summed E-state index contributed by atoms with van der Waals surface area (Å²) in [7, 11) is 0. The molecule has 0 amide bonds. The highest BCUT2D eigenvalue weighted by molar-refractivity contribution is 8.04. The lowest BCUT2D eigenvalue weighted by molar-refractivity contribution is 1.20. The smallest absolute Gasteiger partial charge is 0.163 e. The standard InChI is InChI=1S/C3H2N2S/c1-2-6-3-5-4-1/h1-2H. The van der Waals surface area contributed by atoms with Crippen LogP contribution in [0.3, 0.4) is 0 Å². The van der Waals surface area contributed by atoms with Crippen molar-refractivity contribution in [3.8, 4) is 0 Å². The quantitative estimate of drug-likeness (QED) is 0.452. The van der Waals surface area contributed by atoms with Crippen molar-refractivity contribution < 1.29 is 0 Å². The molecule has 0 aromatic carbocycles. The van der Waals surface area contributed by atoms with E-state index in [4.69, 9.17) is 0 Å². The molecule has 0 spiro atoms. The maximum atomic E-state index is 3.49. The second kappa shape index (κ2) is 1.97. The minimum Gasteiger partial charge on any atom is -0.163 e. The van der Waals surface area contributed by atoms with Crippen LogP contribution in [0.25, 0.3) is 0 Å². The van der Waals surface area contributed by atoms with E-state index in [0.717, 1.165) is 0 Å². The molecule has 0 unspecified atom stereocenters. The molecule has 0 saturated carbocycles. The number of nitrogens with zero attached hydrogens (tertiary/aromatic N) is 2. The minimum absolute atomic E-state index is 1.40. The van der Waals surface area contributed by atoms with Gasteiger partial charge in [-0.05, 0) is 5.41 Å². The van der Waals surface area contributed by atoms with Gasteiger partial charge in [-0.1, -0.05) is 11.8 Å². The molecule has 3 heteroatoms. The first-order chi connectivity index (χ1) is 3.00.